The van der Waals surface area contributed by atoms with Crippen LogP contribution in [-0.2, 0) is 4.79 Å². The quantitative estimate of drug-likeness (QED) is 0.681. The Morgan fingerprint density at radius 2 is 1.80 bits per heavy atom. The molecule has 3 saturated heterocycles. The van der Waals surface area contributed by atoms with Crippen LogP contribution >= 0.6 is 11.8 Å². The highest BCUT2D eigenvalue weighted by Crippen LogP contribution is 2.37. The normalized spacial score (nSPS) is 42.1. The molecular weight excluding hydrogens is 206 g/mol. The lowest BCUT2D eigenvalue weighted by Gasteiger charge is -2.48. The predicted molar refractivity (Wildman–Crippen MR) is 63.2 cm³/mol. The van der Waals surface area contributed by atoms with Crippen molar-refractivity contribution < 1.29 is 4.79 Å². The van der Waals surface area contributed by atoms with Gasteiger partial charge in [0.2, 0.25) is 0 Å². The molecule has 2 bridgehead atoms. The van der Waals surface area contributed by atoms with Crippen LogP contribution in [-0.4, -0.2) is 40.3 Å². The van der Waals surface area contributed by atoms with Gasteiger partial charge in [-0.1, -0.05) is 6.42 Å². The van der Waals surface area contributed by atoms with Gasteiger partial charge in [0.1, 0.15) is 5.78 Å². The van der Waals surface area contributed by atoms with E-state index in [4.69, 9.17) is 0 Å². The molecule has 0 aromatic heterocycles. The van der Waals surface area contributed by atoms with E-state index in [1.165, 1.54) is 37.2 Å². The third-order valence-corrected chi connectivity index (χ3v) is 5.32. The average Bonchev–Trinajstić information content (AvgIpc) is 2.68. The zero-order chi connectivity index (χ0) is 10.3. The fraction of sp³-hybridized carbons (Fsp3) is 0.917. The highest BCUT2D eigenvalue weighted by atomic mass is 32.2. The van der Waals surface area contributed by atoms with Crippen molar-refractivity contribution in [2.24, 2.45) is 0 Å². The van der Waals surface area contributed by atoms with E-state index in [2.05, 4.69) is 16.7 Å². The summed E-state index contributed by atoms with van der Waals surface area (Å²) in [5.74, 6) is 3.15. The van der Waals surface area contributed by atoms with Gasteiger partial charge in [0, 0.05) is 36.7 Å². The number of piperidine rings is 2. The van der Waals surface area contributed by atoms with E-state index in [1.807, 2.05) is 0 Å². The standard InChI is InChI=1S/C12H19NOS/c14-12-6-9-2-1-3-10(7-12)13(9)11-4-5-15-8-11/h9-11H,1-8H2. The molecule has 0 aromatic rings. The van der Waals surface area contributed by atoms with E-state index in [0.717, 1.165) is 18.9 Å². The van der Waals surface area contributed by atoms with Gasteiger partial charge in [-0.3, -0.25) is 9.69 Å². The van der Waals surface area contributed by atoms with E-state index in [1.54, 1.807) is 0 Å². The van der Waals surface area contributed by atoms with Gasteiger partial charge in [0.05, 0.1) is 0 Å². The van der Waals surface area contributed by atoms with Crippen LogP contribution in [0.4, 0.5) is 0 Å². The number of carbonyl (C=O) groups excluding carboxylic acids is 1. The maximum atomic E-state index is 11.6. The third kappa shape index (κ3) is 1.84. The van der Waals surface area contributed by atoms with Crippen molar-refractivity contribution in [2.75, 3.05) is 11.5 Å². The molecule has 3 rings (SSSR count). The molecule has 0 aliphatic carbocycles. The number of fused-ring (bicyclic) bond motifs is 2. The van der Waals surface area contributed by atoms with Crippen LogP contribution in [0.2, 0.25) is 0 Å². The number of rotatable bonds is 1. The second-order valence-corrected chi connectivity index (χ2v) is 6.30. The van der Waals surface area contributed by atoms with Crippen molar-refractivity contribution >= 4 is 17.5 Å². The lowest BCUT2D eigenvalue weighted by molar-refractivity contribution is -0.128. The van der Waals surface area contributed by atoms with E-state index in [-0.39, 0.29) is 0 Å². The van der Waals surface area contributed by atoms with Gasteiger partial charge < -0.3 is 0 Å². The summed E-state index contributed by atoms with van der Waals surface area (Å²) in [6.45, 7) is 0. The third-order valence-electron chi connectivity index (χ3n) is 4.17. The Morgan fingerprint density at radius 3 is 2.40 bits per heavy atom. The fourth-order valence-electron chi connectivity index (χ4n) is 3.56. The zero-order valence-electron chi connectivity index (χ0n) is 9.15. The van der Waals surface area contributed by atoms with Crippen LogP contribution < -0.4 is 0 Å². The minimum absolute atomic E-state index is 0.520. The zero-order valence-corrected chi connectivity index (χ0v) is 9.97. The molecule has 84 valence electrons. The summed E-state index contributed by atoms with van der Waals surface area (Å²) in [6, 6.07) is 2.00. The number of hydrogen-bond donors (Lipinski definition) is 0. The Hall–Kier alpha value is -0.0200. The number of Topliss-reactive ketones (excluding diaryl/α,β-unsaturated/α-hetero) is 1. The molecule has 0 saturated carbocycles. The van der Waals surface area contributed by atoms with Crippen molar-refractivity contribution in [2.45, 2.75) is 56.7 Å². The number of hydrogen-bond acceptors (Lipinski definition) is 3. The van der Waals surface area contributed by atoms with E-state index < -0.39 is 0 Å². The summed E-state index contributed by atoms with van der Waals surface area (Å²) in [6.07, 6.45) is 6.92. The van der Waals surface area contributed by atoms with Crippen molar-refractivity contribution in [3.05, 3.63) is 0 Å². The maximum absolute atomic E-state index is 11.6. The summed E-state index contributed by atoms with van der Waals surface area (Å²) in [7, 11) is 0. The topological polar surface area (TPSA) is 20.3 Å². The van der Waals surface area contributed by atoms with Crippen LogP contribution in [0, 0.1) is 0 Å². The Labute approximate surface area is 95.8 Å². The molecule has 3 aliphatic rings. The smallest absolute Gasteiger partial charge is 0.136 e. The fourth-order valence-corrected chi connectivity index (χ4v) is 4.78. The minimum Gasteiger partial charge on any atom is -0.300 e. The van der Waals surface area contributed by atoms with Gasteiger partial charge in [0.25, 0.3) is 0 Å². The number of carbonyl (C=O) groups is 1. The van der Waals surface area contributed by atoms with Crippen LogP contribution in [0.25, 0.3) is 0 Å². The maximum Gasteiger partial charge on any atom is 0.136 e. The summed E-state index contributed by atoms with van der Waals surface area (Å²) >= 11 is 2.09. The average molecular weight is 225 g/mol. The summed E-state index contributed by atoms with van der Waals surface area (Å²) < 4.78 is 0. The Bertz CT molecular complexity index is 246. The van der Waals surface area contributed by atoms with Gasteiger partial charge in [-0.05, 0) is 25.0 Å². The number of nitrogens with zero attached hydrogens (tertiary/aromatic N) is 1. The van der Waals surface area contributed by atoms with Crippen molar-refractivity contribution in [3.8, 4) is 0 Å². The highest BCUT2D eigenvalue weighted by Gasteiger charge is 2.41. The molecule has 0 N–H and O–H groups in total. The lowest BCUT2D eigenvalue weighted by atomic mass is 9.82. The van der Waals surface area contributed by atoms with Crippen LogP contribution in [0.15, 0.2) is 0 Å². The summed E-state index contributed by atoms with van der Waals surface area (Å²) in [4.78, 5) is 14.3. The molecule has 3 unspecified atom stereocenters. The first-order valence-electron chi connectivity index (χ1n) is 6.21. The molecule has 0 amide bonds. The number of ketones is 1. The lowest BCUT2D eigenvalue weighted by Crippen LogP contribution is -2.56. The molecule has 3 aliphatic heterocycles. The van der Waals surface area contributed by atoms with Gasteiger partial charge >= 0.3 is 0 Å². The SMILES string of the molecule is O=C1CC2CCCC(C1)N2C1CCSC1. The molecule has 3 fully saturated rings. The summed E-state index contributed by atoms with van der Waals surface area (Å²) in [5, 5.41) is 0. The van der Waals surface area contributed by atoms with Crippen LogP contribution in [0.5, 0.6) is 0 Å². The van der Waals surface area contributed by atoms with Crippen molar-refractivity contribution in [3.63, 3.8) is 0 Å². The van der Waals surface area contributed by atoms with Gasteiger partial charge in [-0.25, -0.2) is 0 Å². The van der Waals surface area contributed by atoms with Gasteiger partial charge in [0.15, 0.2) is 0 Å². The molecule has 3 atom stereocenters. The van der Waals surface area contributed by atoms with E-state index in [9.17, 15) is 4.79 Å². The van der Waals surface area contributed by atoms with Crippen molar-refractivity contribution in [1.29, 1.82) is 0 Å². The van der Waals surface area contributed by atoms with Crippen LogP contribution in [0.3, 0.4) is 0 Å². The molecule has 2 nitrogen and oxygen atoms in total. The minimum atomic E-state index is 0.520. The van der Waals surface area contributed by atoms with Crippen molar-refractivity contribution in [1.82, 2.24) is 4.90 Å². The van der Waals surface area contributed by atoms with Gasteiger partial charge in [-0.2, -0.15) is 11.8 Å². The summed E-state index contributed by atoms with van der Waals surface area (Å²) in [5.41, 5.74) is 0. The Kier molecular flexibility index (Phi) is 2.77. The Balaban J connectivity index is 1.78. The number of thioether (sulfide) groups is 1. The van der Waals surface area contributed by atoms with Crippen LogP contribution in [0.1, 0.15) is 38.5 Å². The molecule has 15 heavy (non-hydrogen) atoms. The first-order chi connectivity index (χ1) is 7.34. The monoisotopic (exact) mass is 225 g/mol. The molecule has 0 spiro atoms. The molecule has 3 heteroatoms. The molecular formula is C12H19NOS. The highest BCUT2D eigenvalue weighted by molar-refractivity contribution is 7.99. The first kappa shape index (κ1) is 10.2. The Morgan fingerprint density at radius 1 is 1.07 bits per heavy atom. The second kappa shape index (κ2) is 4.10. The van der Waals surface area contributed by atoms with Gasteiger partial charge in [-0.15, -0.1) is 0 Å². The van der Waals surface area contributed by atoms with E-state index in [0.29, 0.717) is 17.9 Å². The van der Waals surface area contributed by atoms with E-state index >= 15 is 0 Å². The molecule has 3 heterocycles. The first-order valence-corrected chi connectivity index (χ1v) is 7.37. The molecule has 0 radical (unpaired) electrons. The largest absolute Gasteiger partial charge is 0.300 e. The second-order valence-electron chi connectivity index (χ2n) is 5.15. The predicted octanol–water partition coefficient (Wildman–Crippen LogP) is 2.08. The molecule has 0 aromatic carbocycles.